The Hall–Kier alpha value is -2.75. The summed E-state index contributed by atoms with van der Waals surface area (Å²) >= 11 is 1.24. The van der Waals surface area contributed by atoms with Gasteiger partial charge in [-0.15, -0.1) is 10.2 Å². The number of carbonyl (C=O) groups excluding carboxylic acids is 1. The SMILES string of the molecule is COc1cc(C(=O)Nc2nnc(CC(C)C)s2)c([N+](=O)[O-])cc1OC. The summed E-state index contributed by atoms with van der Waals surface area (Å²) < 4.78 is 10.1. The first-order valence-corrected chi connectivity index (χ1v) is 8.21. The topological polar surface area (TPSA) is 116 Å². The minimum Gasteiger partial charge on any atom is -0.493 e. The van der Waals surface area contributed by atoms with Gasteiger partial charge in [-0.25, -0.2) is 0 Å². The number of methoxy groups -OCH3 is 2. The molecule has 0 atom stereocenters. The Labute approximate surface area is 148 Å². The molecule has 0 fully saturated rings. The number of hydrogen-bond acceptors (Lipinski definition) is 8. The number of nitro benzene ring substituents is 1. The van der Waals surface area contributed by atoms with Gasteiger partial charge in [0.15, 0.2) is 11.5 Å². The molecule has 0 unspecified atom stereocenters. The number of hydrogen-bond donors (Lipinski definition) is 1. The van der Waals surface area contributed by atoms with Gasteiger partial charge >= 0.3 is 0 Å². The summed E-state index contributed by atoms with van der Waals surface area (Å²) in [5, 5.41) is 22.8. The average molecular weight is 366 g/mol. The lowest BCUT2D eigenvalue weighted by Crippen LogP contribution is -2.14. The summed E-state index contributed by atoms with van der Waals surface area (Å²) in [6, 6.07) is 2.42. The Morgan fingerprint density at radius 3 is 2.48 bits per heavy atom. The highest BCUT2D eigenvalue weighted by Gasteiger charge is 2.25. The Morgan fingerprint density at radius 1 is 1.28 bits per heavy atom. The highest BCUT2D eigenvalue weighted by molar-refractivity contribution is 7.15. The van der Waals surface area contributed by atoms with Crippen LogP contribution >= 0.6 is 11.3 Å². The van der Waals surface area contributed by atoms with E-state index in [0.717, 1.165) is 17.5 Å². The van der Waals surface area contributed by atoms with E-state index in [-0.39, 0.29) is 27.9 Å². The Bertz CT molecular complexity index is 790. The van der Waals surface area contributed by atoms with Gasteiger partial charge in [-0.3, -0.25) is 20.2 Å². The molecule has 1 aromatic heterocycles. The predicted octanol–water partition coefficient (Wildman–Crippen LogP) is 2.91. The summed E-state index contributed by atoms with van der Waals surface area (Å²) in [6.07, 6.45) is 0.740. The largest absolute Gasteiger partial charge is 0.493 e. The molecular weight excluding hydrogens is 348 g/mol. The van der Waals surface area contributed by atoms with Crippen LogP contribution in [0.1, 0.15) is 29.2 Å². The Balaban J connectivity index is 2.31. The van der Waals surface area contributed by atoms with Gasteiger partial charge in [-0.1, -0.05) is 25.2 Å². The zero-order valence-electron chi connectivity index (χ0n) is 14.2. The molecule has 134 valence electrons. The number of aromatic nitrogens is 2. The highest BCUT2D eigenvalue weighted by atomic mass is 32.1. The van der Waals surface area contributed by atoms with Crippen molar-refractivity contribution in [2.75, 3.05) is 19.5 Å². The highest BCUT2D eigenvalue weighted by Crippen LogP contribution is 2.35. The number of nitro groups is 1. The number of nitrogens with one attached hydrogen (secondary N) is 1. The van der Waals surface area contributed by atoms with Crippen LogP contribution in [0.15, 0.2) is 12.1 Å². The van der Waals surface area contributed by atoms with Crippen molar-refractivity contribution in [3.05, 3.63) is 32.8 Å². The van der Waals surface area contributed by atoms with Crippen molar-refractivity contribution in [2.45, 2.75) is 20.3 Å². The molecular formula is C15H18N4O5S. The summed E-state index contributed by atoms with van der Waals surface area (Å²) in [7, 11) is 2.74. The fourth-order valence-corrected chi connectivity index (χ4v) is 3.05. The van der Waals surface area contributed by atoms with Gasteiger partial charge in [-0.2, -0.15) is 0 Å². The van der Waals surface area contributed by atoms with E-state index in [4.69, 9.17) is 9.47 Å². The van der Waals surface area contributed by atoms with Crippen LogP contribution in [-0.2, 0) is 6.42 Å². The van der Waals surface area contributed by atoms with Crippen molar-refractivity contribution in [2.24, 2.45) is 5.92 Å². The van der Waals surface area contributed by atoms with E-state index >= 15 is 0 Å². The van der Waals surface area contributed by atoms with Crippen molar-refractivity contribution in [3.8, 4) is 11.5 Å². The van der Waals surface area contributed by atoms with Gasteiger partial charge < -0.3 is 9.47 Å². The number of nitrogens with zero attached hydrogens (tertiary/aromatic N) is 3. The van der Waals surface area contributed by atoms with E-state index in [1.165, 1.54) is 31.6 Å². The lowest BCUT2D eigenvalue weighted by atomic mass is 10.1. The molecule has 0 bridgehead atoms. The second kappa shape index (κ2) is 7.88. The number of anilines is 1. The molecule has 2 rings (SSSR count). The van der Waals surface area contributed by atoms with Gasteiger partial charge in [0.2, 0.25) is 5.13 Å². The summed E-state index contributed by atoms with van der Waals surface area (Å²) in [4.78, 5) is 23.1. The molecule has 1 amide bonds. The number of ether oxygens (including phenoxy) is 2. The standard InChI is InChI=1S/C15H18N4O5S/c1-8(2)5-13-17-18-15(25-13)16-14(20)9-6-11(23-3)12(24-4)7-10(9)19(21)22/h6-8H,5H2,1-4H3,(H,16,18,20). The third-order valence-electron chi connectivity index (χ3n) is 3.21. The van der Waals surface area contributed by atoms with Crippen LogP contribution in [0, 0.1) is 16.0 Å². The molecule has 0 saturated heterocycles. The smallest absolute Gasteiger partial charge is 0.286 e. The number of amides is 1. The molecule has 9 nitrogen and oxygen atoms in total. The number of carbonyl (C=O) groups is 1. The molecule has 1 N–H and O–H groups in total. The third kappa shape index (κ3) is 4.41. The minimum atomic E-state index is -0.667. The van der Waals surface area contributed by atoms with Gasteiger partial charge in [0.05, 0.1) is 25.2 Å². The van der Waals surface area contributed by atoms with E-state index in [2.05, 4.69) is 15.5 Å². The molecule has 0 aliphatic carbocycles. The van der Waals surface area contributed by atoms with Crippen molar-refractivity contribution in [3.63, 3.8) is 0 Å². The van der Waals surface area contributed by atoms with E-state index in [0.29, 0.717) is 5.92 Å². The Kier molecular flexibility index (Phi) is 5.86. The van der Waals surface area contributed by atoms with Crippen molar-refractivity contribution >= 4 is 28.1 Å². The van der Waals surface area contributed by atoms with Crippen LogP contribution in [0.5, 0.6) is 11.5 Å². The summed E-state index contributed by atoms with van der Waals surface area (Å²) in [5.74, 6) is 0.125. The second-order valence-corrected chi connectivity index (χ2v) is 6.60. The quantitative estimate of drug-likeness (QED) is 0.591. The lowest BCUT2D eigenvalue weighted by Gasteiger charge is -2.10. The molecule has 10 heteroatoms. The molecule has 0 radical (unpaired) electrons. The van der Waals surface area contributed by atoms with E-state index in [9.17, 15) is 14.9 Å². The molecule has 0 saturated carbocycles. The zero-order chi connectivity index (χ0) is 18.6. The second-order valence-electron chi connectivity index (χ2n) is 5.53. The Morgan fingerprint density at radius 2 is 1.92 bits per heavy atom. The number of benzene rings is 1. The maximum Gasteiger partial charge on any atom is 0.286 e. The first kappa shape index (κ1) is 18.6. The monoisotopic (exact) mass is 366 g/mol. The van der Waals surface area contributed by atoms with Gasteiger partial charge in [0, 0.05) is 12.5 Å². The summed E-state index contributed by atoms with van der Waals surface area (Å²) in [5.41, 5.74) is -0.537. The fraction of sp³-hybridized carbons (Fsp3) is 0.400. The lowest BCUT2D eigenvalue weighted by molar-refractivity contribution is -0.385. The van der Waals surface area contributed by atoms with E-state index < -0.39 is 10.8 Å². The fourth-order valence-electron chi connectivity index (χ4n) is 2.10. The van der Waals surface area contributed by atoms with Gasteiger partial charge in [-0.05, 0) is 5.92 Å². The zero-order valence-corrected chi connectivity index (χ0v) is 15.0. The molecule has 25 heavy (non-hydrogen) atoms. The first-order chi connectivity index (χ1) is 11.8. The predicted molar refractivity (Wildman–Crippen MR) is 92.6 cm³/mol. The van der Waals surface area contributed by atoms with Crippen LogP contribution in [0.4, 0.5) is 10.8 Å². The molecule has 0 aliphatic heterocycles. The first-order valence-electron chi connectivity index (χ1n) is 7.39. The number of rotatable bonds is 7. The molecule has 0 spiro atoms. The van der Waals surface area contributed by atoms with Crippen molar-refractivity contribution in [1.29, 1.82) is 0 Å². The minimum absolute atomic E-state index is 0.150. The van der Waals surface area contributed by atoms with E-state index in [1.54, 1.807) is 0 Å². The van der Waals surface area contributed by atoms with Crippen LogP contribution in [0.3, 0.4) is 0 Å². The average Bonchev–Trinajstić information content (AvgIpc) is 2.99. The van der Waals surface area contributed by atoms with Crippen LogP contribution < -0.4 is 14.8 Å². The van der Waals surface area contributed by atoms with Crippen molar-refractivity contribution in [1.82, 2.24) is 10.2 Å². The molecule has 0 aliphatic rings. The summed E-state index contributed by atoms with van der Waals surface area (Å²) in [6.45, 7) is 4.10. The van der Waals surface area contributed by atoms with Gasteiger partial charge in [0.1, 0.15) is 10.6 Å². The normalized spacial score (nSPS) is 10.6. The van der Waals surface area contributed by atoms with Crippen LogP contribution in [0.2, 0.25) is 0 Å². The maximum absolute atomic E-state index is 12.5. The van der Waals surface area contributed by atoms with Crippen molar-refractivity contribution < 1.29 is 19.2 Å². The molecule has 1 aromatic carbocycles. The maximum atomic E-state index is 12.5. The van der Waals surface area contributed by atoms with Gasteiger partial charge in [0.25, 0.3) is 11.6 Å². The molecule has 1 heterocycles. The van der Waals surface area contributed by atoms with Crippen LogP contribution in [0.25, 0.3) is 0 Å². The molecule has 2 aromatic rings. The van der Waals surface area contributed by atoms with E-state index in [1.807, 2.05) is 13.8 Å². The van der Waals surface area contributed by atoms with Crippen LogP contribution in [-0.4, -0.2) is 35.2 Å². The third-order valence-corrected chi connectivity index (χ3v) is 4.07.